The number of carbonyl (C=O) groups is 1. The lowest BCUT2D eigenvalue weighted by Gasteiger charge is -2.38. The van der Waals surface area contributed by atoms with Crippen molar-refractivity contribution in [2.24, 2.45) is 5.92 Å². The van der Waals surface area contributed by atoms with E-state index in [1.807, 2.05) is 0 Å². The number of methoxy groups -OCH3 is 1. The Hall–Kier alpha value is -1.25. The van der Waals surface area contributed by atoms with Gasteiger partial charge in [0.1, 0.15) is 5.75 Å². The number of hydrogen-bond acceptors (Lipinski definition) is 5. The monoisotopic (exact) mass is 445 g/mol. The van der Waals surface area contributed by atoms with Gasteiger partial charge in [-0.1, -0.05) is 6.42 Å². The second-order valence-electron chi connectivity index (χ2n) is 8.09. The Morgan fingerprint density at radius 1 is 1.30 bits per heavy atom. The van der Waals surface area contributed by atoms with E-state index >= 15 is 0 Å². The highest BCUT2D eigenvalue weighted by Crippen LogP contribution is 2.39. The fraction of sp³-hybridized carbons (Fsp3) is 0.682. The van der Waals surface area contributed by atoms with Crippen LogP contribution >= 0.6 is 11.8 Å². The minimum atomic E-state index is -4.48. The molecular weight excluding hydrogens is 415 g/mol. The molecule has 1 N–H and O–H groups in total. The van der Waals surface area contributed by atoms with Crippen LogP contribution < -0.4 is 10.1 Å². The van der Waals surface area contributed by atoms with Crippen molar-refractivity contribution < 1.29 is 27.4 Å². The smallest absolute Gasteiger partial charge is 0.416 e. The number of nitrogens with one attached hydrogen (secondary N) is 1. The van der Waals surface area contributed by atoms with E-state index in [0.29, 0.717) is 35.9 Å². The topological polar surface area (TPSA) is 47.6 Å². The molecule has 1 aliphatic heterocycles. The maximum Gasteiger partial charge on any atom is 0.416 e. The molecule has 0 amide bonds. The second-order valence-corrected chi connectivity index (χ2v) is 8.94. The summed E-state index contributed by atoms with van der Waals surface area (Å²) in [4.78, 5) is 13.2. The largest absolute Gasteiger partial charge is 0.496 e. The van der Waals surface area contributed by atoms with Crippen molar-refractivity contribution in [3.05, 3.63) is 23.3 Å². The Bertz CT molecular complexity index is 712. The quantitative estimate of drug-likeness (QED) is 0.411. The highest BCUT2D eigenvalue weighted by atomic mass is 32.2. The fourth-order valence-electron chi connectivity index (χ4n) is 4.18. The molecule has 2 fully saturated rings. The molecule has 1 saturated heterocycles. The molecule has 2 atom stereocenters. The van der Waals surface area contributed by atoms with Gasteiger partial charge in [0, 0.05) is 30.0 Å². The van der Waals surface area contributed by atoms with Gasteiger partial charge < -0.3 is 14.8 Å². The third kappa shape index (κ3) is 5.71. The minimum absolute atomic E-state index is 0.00954. The van der Waals surface area contributed by atoms with E-state index in [1.165, 1.54) is 26.4 Å². The predicted molar refractivity (Wildman–Crippen MR) is 111 cm³/mol. The van der Waals surface area contributed by atoms with E-state index in [9.17, 15) is 18.0 Å². The number of benzene rings is 1. The Balaban J connectivity index is 1.63. The SMILES string of the molecule is COc1cc(C(F)(F)F)cc(SC)c1C(=O)CCCC1COCC[C@@H]1NC1CCC1. The first-order chi connectivity index (χ1) is 14.3. The average molecular weight is 446 g/mol. The summed E-state index contributed by atoms with van der Waals surface area (Å²) in [6.45, 7) is 1.46. The van der Waals surface area contributed by atoms with Crippen LogP contribution in [0.1, 0.15) is 60.9 Å². The van der Waals surface area contributed by atoms with Crippen LogP contribution in [0.4, 0.5) is 13.2 Å². The number of alkyl halides is 3. The van der Waals surface area contributed by atoms with E-state index in [-0.39, 0.29) is 23.5 Å². The van der Waals surface area contributed by atoms with Crippen LogP contribution in [0, 0.1) is 5.92 Å². The number of thioether (sulfide) groups is 1. The summed E-state index contributed by atoms with van der Waals surface area (Å²) < 4.78 is 50.3. The van der Waals surface area contributed by atoms with Crippen molar-refractivity contribution >= 4 is 17.5 Å². The molecule has 1 heterocycles. The van der Waals surface area contributed by atoms with E-state index in [4.69, 9.17) is 9.47 Å². The number of carbonyl (C=O) groups excluding carboxylic acids is 1. The summed E-state index contributed by atoms with van der Waals surface area (Å²) in [5.41, 5.74) is -0.549. The zero-order chi connectivity index (χ0) is 21.7. The molecule has 1 aromatic carbocycles. The Morgan fingerprint density at radius 3 is 2.67 bits per heavy atom. The summed E-state index contributed by atoms with van der Waals surface area (Å²) in [7, 11) is 1.30. The van der Waals surface area contributed by atoms with E-state index < -0.39 is 11.7 Å². The maximum atomic E-state index is 13.2. The first-order valence-electron chi connectivity index (χ1n) is 10.5. The van der Waals surface area contributed by atoms with Gasteiger partial charge in [-0.25, -0.2) is 0 Å². The van der Waals surface area contributed by atoms with Crippen molar-refractivity contribution in [1.82, 2.24) is 5.32 Å². The molecule has 3 rings (SSSR count). The van der Waals surface area contributed by atoms with Gasteiger partial charge in [-0.3, -0.25) is 4.79 Å². The number of Topliss-reactive ketones (excluding diaryl/α,β-unsaturated/α-hetero) is 1. The molecule has 0 aromatic heterocycles. The van der Waals surface area contributed by atoms with Gasteiger partial charge >= 0.3 is 6.18 Å². The molecular formula is C22H30F3NO3S. The molecule has 1 aromatic rings. The van der Waals surface area contributed by atoms with E-state index in [0.717, 1.165) is 43.3 Å². The summed E-state index contributed by atoms with van der Waals surface area (Å²) in [6.07, 6.45) is 3.72. The molecule has 1 unspecified atom stereocenters. The normalized spacial score (nSPS) is 22.6. The van der Waals surface area contributed by atoms with Crippen LogP contribution in [0.5, 0.6) is 5.75 Å². The molecule has 168 valence electrons. The number of rotatable bonds is 9. The summed E-state index contributed by atoms with van der Waals surface area (Å²) in [5, 5.41) is 3.74. The van der Waals surface area contributed by atoms with Crippen LogP contribution in [0.25, 0.3) is 0 Å². The van der Waals surface area contributed by atoms with Crippen LogP contribution in [0.2, 0.25) is 0 Å². The second kappa shape index (κ2) is 10.4. The standard InChI is InChI=1S/C22H30F3NO3S/c1-28-19-11-15(22(23,24)25)12-20(30-2)21(19)18(27)8-3-5-14-13-29-10-9-17(14)26-16-6-4-7-16/h11-12,14,16-17,26H,3-10,13H2,1-2H3/t14?,17-/m0/s1. The molecule has 1 saturated carbocycles. The predicted octanol–water partition coefficient (Wildman–Crippen LogP) is 5.34. The molecule has 30 heavy (non-hydrogen) atoms. The van der Waals surface area contributed by atoms with E-state index in [1.54, 1.807) is 6.26 Å². The van der Waals surface area contributed by atoms with Gasteiger partial charge in [0.15, 0.2) is 5.78 Å². The number of hydrogen-bond donors (Lipinski definition) is 1. The van der Waals surface area contributed by atoms with E-state index in [2.05, 4.69) is 5.32 Å². The molecule has 2 aliphatic rings. The zero-order valence-corrected chi connectivity index (χ0v) is 18.3. The van der Waals surface area contributed by atoms with Crippen molar-refractivity contribution in [2.45, 2.75) is 68.1 Å². The van der Waals surface area contributed by atoms with Gasteiger partial charge in [0.2, 0.25) is 0 Å². The molecule has 0 radical (unpaired) electrons. The number of halogens is 3. The van der Waals surface area contributed by atoms with Crippen LogP contribution in [0.15, 0.2) is 17.0 Å². The lowest BCUT2D eigenvalue weighted by molar-refractivity contribution is -0.137. The van der Waals surface area contributed by atoms with Gasteiger partial charge in [-0.05, 0) is 56.4 Å². The van der Waals surface area contributed by atoms with Crippen molar-refractivity contribution in [3.63, 3.8) is 0 Å². The molecule has 4 nitrogen and oxygen atoms in total. The Kier molecular flexibility index (Phi) is 8.10. The summed E-state index contributed by atoms with van der Waals surface area (Å²) in [5.74, 6) is 0.177. The lowest BCUT2D eigenvalue weighted by Crippen LogP contribution is -2.49. The molecule has 0 bridgehead atoms. The average Bonchev–Trinajstić information content (AvgIpc) is 2.69. The highest BCUT2D eigenvalue weighted by Gasteiger charge is 2.34. The maximum absolute atomic E-state index is 13.2. The van der Waals surface area contributed by atoms with Crippen LogP contribution in [-0.2, 0) is 10.9 Å². The lowest BCUT2D eigenvalue weighted by atomic mass is 9.86. The Morgan fingerprint density at radius 2 is 2.07 bits per heavy atom. The van der Waals surface area contributed by atoms with Crippen molar-refractivity contribution in [1.29, 1.82) is 0 Å². The van der Waals surface area contributed by atoms with Gasteiger partial charge in [-0.2, -0.15) is 13.2 Å². The van der Waals surface area contributed by atoms with Gasteiger partial charge in [-0.15, -0.1) is 11.8 Å². The molecule has 1 aliphatic carbocycles. The summed E-state index contributed by atoms with van der Waals surface area (Å²) >= 11 is 1.13. The number of ketones is 1. The minimum Gasteiger partial charge on any atom is -0.496 e. The first kappa shape index (κ1) is 23.4. The number of ether oxygens (including phenoxy) is 2. The molecule has 0 spiro atoms. The van der Waals surface area contributed by atoms with Crippen molar-refractivity contribution in [3.8, 4) is 5.75 Å². The highest BCUT2D eigenvalue weighted by molar-refractivity contribution is 7.98. The summed E-state index contributed by atoms with van der Waals surface area (Å²) in [6, 6.07) is 2.98. The third-order valence-corrected chi connectivity index (χ3v) is 6.88. The van der Waals surface area contributed by atoms with Gasteiger partial charge in [0.05, 0.1) is 24.8 Å². The zero-order valence-electron chi connectivity index (χ0n) is 17.5. The fourth-order valence-corrected chi connectivity index (χ4v) is 4.84. The van der Waals surface area contributed by atoms with Crippen LogP contribution in [-0.4, -0.2) is 44.4 Å². The third-order valence-electron chi connectivity index (χ3n) is 6.12. The van der Waals surface area contributed by atoms with Gasteiger partial charge in [0.25, 0.3) is 0 Å². The molecule has 8 heteroatoms. The van der Waals surface area contributed by atoms with Crippen molar-refractivity contribution in [2.75, 3.05) is 26.6 Å². The first-order valence-corrected chi connectivity index (χ1v) is 11.8. The van der Waals surface area contributed by atoms with Crippen LogP contribution in [0.3, 0.4) is 0 Å². The Labute approximate surface area is 180 Å².